The van der Waals surface area contributed by atoms with Crippen molar-refractivity contribution in [2.75, 3.05) is 19.8 Å². The van der Waals surface area contributed by atoms with Crippen molar-refractivity contribution in [1.82, 2.24) is 14.9 Å². The summed E-state index contributed by atoms with van der Waals surface area (Å²) in [5.41, 5.74) is 9.06. The van der Waals surface area contributed by atoms with Gasteiger partial charge in [-0.2, -0.15) is 0 Å². The Labute approximate surface area is 183 Å². The standard InChI is InChI=1S/C24H30N4O3/c1-15-11-16(2)13-18(12-15)24(6-9-31-10-7-24)23(30)28-8-4-5-20(28)22-26-14-19(21(25)29)17(3)27-22/h11-14,20H,4-10H2,1-3H3,(H2,25,29)/t20-/m1/s1. The summed E-state index contributed by atoms with van der Waals surface area (Å²) in [6.45, 7) is 7.71. The molecule has 0 saturated carbocycles. The van der Waals surface area contributed by atoms with Crippen LogP contribution in [0.4, 0.5) is 0 Å². The maximum Gasteiger partial charge on any atom is 0.252 e. The van der Waals surface area contributed by atoms with Crippen molar-refractivity contribution in [2.45, 2.75) is 57.9 Å². The van der Waals surface area contributed by atoms with Crippen LogP contribution in [0.3, 0.4) is 0 Å². The highest BCUT2D eigenvalue weighted by atomic mass is 16.5. The average molecular weight is 423 g/mol. The molecule has 0 unspecified atom stereocenters. The third kappa shape index (κ3) is 3.94. The number of carbonyl (C=O) groups is 2. The van der Waals surface area contributed by atoms with Crippen LogP contribution in [0.5, 0.6) is 0 Å². The summed E-state index contributed by atoms with van der Waals surface area (Å²) >= 11 is 0. The van der Waals surface area contributed by atoms with E-state index >= 15 is 0 Å². The second-order valence-electron chi connectivity index (χ2n) is 8.82. The Kier molecular flexibility index (Phi) is 5.79. The second-order valence-corrected chi connectivity index (χ2v) is 8.82. The van der Waals surface area contributed by atoms with Crippen molar-refractivity contribution in [1.29, 1.82) is 0 Å². The van der Waals surface area contributed by atoms with Crippen molar-refractivity contribution in [3.05, 3.63) is 58.2 Å². The molecule has 1 atom stereocenters. The van der Waals surface area contributed by atoms with Crippen molar-refractivity contribution < 1.29 is 14.3 Å². The van der Waals surface area contributed by atoms with E-state index in [-0.39, 0.29) is 11.9 Å². The van der Waals surface area contributed by atoms with Crippen LogP contribution in [-0.4, -0.2) is 46.4 Å². The van der Waals surface area contributed by atoms with Crippen molar-refractivity contribution in [3.63, 3.8) is 0 Å². The Morgan fingerprint density at radius 1 is 1.13 bits per heavy atom. The topological polar surface area (TPSA) is 98.4 Å². The minimum absolute atomic E-state index is 0.128. The number of likely N-dealkylation sites (tertiary alicyclic amines) is 1. The van der Waals surface area contributed by atoms with E-state index in [1.54, 1.807) is 6.92 Å². The van der Waals surface area contributed by atoms with E-state index in [0.717, 1.165) is 29.5 Å². The van der Waals surface area contributed by atoms with Gasteiger partial charge in [0, 0.05) is 26.0 Å². The molecular weight excluding hydrogens is 392 g/mol. The maximum absolute atomic E-state index is 14.1. The number of hydrogen-bond acceptors (Lipinski definition) is 5. The number of carbonyl (C=O) groups excluding carboxylic acids is 2. The van der Waals surface area contributed by atoms with E-state index in [1.165, 1.54) is 6.20 Å². The molecule has 1 aromatic heterocycles. The first-order valence-corrected chi connectivity index (χ1v) is 10.9. The summed E-state index contributed by atoms with van der Waals surface area (Å²) in [7, 11) is 0. The highest BCUT2D eigenvalue weighted by Crippen LogP contribution is 2.41. The Balaban J connectivity index is 1.71. The van der Waals surface area contributed by atoms with Gasteiger partial charge >= 0.3 is 0 Å². The number of nitrogens with zero attached hydrogens (tertiary/aromatic N) is 3. The molecule has 2 fully saturated rings. The minimum atomic E-state index is -0.597. The molecule has 7 heteroatoms. The summed E-state index contributed by atoms with van der Waals surface area (Å²) in [5.74, 6) is 0.166. The van der Waals surface area contributed by atoms with Crippen LogP contribution in [0.1, 0.15) is 70.3 Å². The van der Waals surface area contributed by atoms with Gasteiger partial charge in [-0.3, -0.25) is 9.59 Å². The molecule has 0 radical (unpaired) electrons. The van der Waals surface area contributed by atoms with Gasteiger partial charge in [0.25, 0.3) is 5.91 Å². The first-order chi connectivity index (χ1) is 14.8. The quantitative estimate of drug-likeness (QED) is 0.817. The lowest BCUT2D eigenvalue weighted by molar-refractivity contribution is -0.142. The lowest BCUT2D eigenvalue weighted by Gasteiger charge is -2.41. The molecule has 0 bridgehead atoms. The number of primary amides is 1. The predicted octanol–water partition coefficient (Wildman–Crippen LogP) is 2.91. The lowest BCUT2D eigenvalue weighted by atomic mass is 9.72. The van der Waals surface area contributed by atoms with Gasteiger partial charge in [-0.15, -0.1) is 0 Å². The number of ether oxygens (including phenoxy) is 1. The number of nitrogens with two attached hydrogens (primary N) is 1. The molecule has 31 heavy (non-hydrogen) atoms. The van der Waals surface area contributed by atoms with Gasteiger partial charge in [0.1, 0.15) is 0 Å². The normalized spacial score (nSPS) is 20.6. The molecule has 2 saturated heterocycles. The minimum Gasteiger partial charge on any atom is -0.381 e. The zero-order valence-corrected chi connectivity index (χ0v) is 18.5. The van der Waals surface area contributed by atoms with Crippen LogP contribution >= 0.6 is 0 Å². The van der Waals surface area contributed by atoms with Gasteiger partial charge in [0.2, 0.25) is 5.91 Å². The number of amides is 2. The van der Waals surface area contributed by atoms with Crippen LogP contribution < -0.4 is 5.73 Å². The maximum atomic E-state index is 14.1. The molecule has 164 valence electrons. The Morgan fingerprint density at radius 2 is 1.81 bits per heavy atom. The van der Waals surface area contributed by atoms with Crippen LogP contribution in [0.25, 0.3) is 0 Å². The zero-order chi connectivity index (χ0) is 22.2. The molecule has 4 rings (SSSR count). The summed E-state index contributed by atoms with van der Waals surface area (Å²) in [6.07, 6.45) is 4.52. The molecule has 0 aliphatic carbocycles. The molecule has 7 nitrogen and oxygen atoms in total. The Morgan fingerprint density at radius 3 is 2.42 bits per heavy atom. The van der Waals surface area contributed by atoms with E-state index in [4.69, 9.17) is 10.5 Å². The average Bonchev–Trinajstić information content (AvgIpc) is 3.22. The van der Waals surface area contributed by atoms with Crippen LogP contribution in [-0.2, 0) is 14.9 Å². The first kappa shape index (κ1) is 21.4. The number of aromatic nitrogens is 2. The van der Waals surface area contributed by atoms with Gasteiger partial charge in [0.15, 0.2) is 5.82 Å². The third-order valence-corrected chi connectivity index (χ3v) is 6.61. The number of rotatable bonds is 4. The fraction of sp³-hybridized carbons (Fsp3) is 0.500. The molecule has 2 amide bonds. The van der Waals surface area contributed by atoms with E-state index in [1.807, 2.05) is 4.90 Å². The summed E-state index contributed by atoms with van der Waals surface area (Å²) in [6, 6.07) is 6.22. The van der Waals surface area contributed by atoms with Crippen LogP contribution in [0, 0.1) is 20.8 Å². The molecule has 3 heterocycles. The molecule has 2 aliphatic rings. The molecule has 2 aliphatic heterocycles. The van der Waals surface area contributed by atoms with Gasteiger partial charge in [-0.05, 0) is 52.0 Å². The summed E-state index contributed by atoms with van der Waals surface area (Å²) in [4.78, 5) is 36.6. The Bertz CT molecular complexity index is 994. The van der Waals surface area contributed by atoms with Crippen LogP contribution in [0.15, 0.2) is 24.4 Å². The summed E-state index contributed by atoms with van der Waals surface area (Å²) in [5, 5.41) is 0. The Hall–Kier alpha value is -2.80. The smallest absolute Gasteiger partial charge is 0.252 e. The van der Waals surface area contributed by atoms with Crippen molar-refractivity contribution in [3.8, 4) is 0 Å². The number of aryl methyl sites for hydroxylation is 3. The number of hydrogen-bond donors (Lipinski definition) is 1. The van der Waals surface area contributed by atoms with Crippen molar-refractivity contribution >= 4 is 11.8 Å². The zero-order valence-electron chi connectivity index (χ0n) is 18.5. The van der Waals surface area contributed by atoms with E-state index in [9.17, 15) is 9.59 Å². The molecule has 2 aromatic rings. The van der Waals surface area contributed by atoms with E-state index < -0.39 is 11.3 Å². The highest BCUT2D eigenvalue weighted by Gasteiger charge is 2.47. The fourth-order valence-corrected chi connectivity index (χ4v) is 5.04. The van der Waals surface area contributed by atoms with E-state index in [0.29, 0.717) is 49.7 Å². The van der Waals surface area contributed by atoms with Gasteiger partial charge < -0.3 is 15.4 Å². The van der Waals surface area contributed by atoms with Gasteiger partial charge in [0.05, 0.1) is 22.7 Å². The fourth-order valence-electron chi connectivity index (χ4n) is 5.04. The summed E-state index contributed by atoms with van der Waals surface area (Å²) < 4.78 is 5.64. The highest BCUT2D eigenvalue weighted by molar-refractivity contribution is 5.93. The SMILES string of the molecule is Cc1cc(C)cc(C2(C(=O)N3CCC[C@@H]3c3ncc(C(N)=O)c(C)n3)CCOCC2)c1. The van der Waals surface area contributed by atoms with Crippen molar-refractivity contribution in [2.24, 2.45) is 5.73 Å². The second kappa shape index (κ2) is 8.38. The van der Waals surface area contributed by atoms with E-state index in [2.05, 4.69) is 42.0 Å². The van der Waals surface area contributed by atoms with Gasteiger partial charge in [-0.1, -0.05) is 29.3 Å². The lowest BCUT2D eigenvalue weighted by Crippen LogP contribution is -2.50. The monoisotopic (exact) mass is 422 g/mol. The molecule has 0 spiro atoms. The first-order valence-electron chi connectivity index (χ1n) is 10.9. The number of benzene rings is 1. The molecule has 1 aromatic carbocycles. The predicted molar refractivity (Wildman–Crippen MR) is 117 cm³/mol. The largest absolute Gasteiger partial charge is 0.381 e. The molecule has 2 N–H and O–H groups in total. The third-order valence-electron chi connectivity index (χ3n) is 6.61. The van der Waals surface area contributed by atoms with Gasteiger partial charge in [-0.25, -0.2) is 9.97 Å². The molecular formula is C24H30N4O3. The van der Waals surface area contributed by atoms with Crippen LogP contribution in [0.2, 0.25) is 0 Å².